The van der Waals surface area contributed by atoms with Crippen molar-refractivity contribution in [2.24, 2.45) is 5.92 Å². The van der Waals surface area contributed by atoms with Crippen molar-refractivity contribution in [3.63, 3.8) is 0 Å². The number of benzene rings is 1. The van der Waals surface area contributed by atoms with E-state index in [4.69, 9.17) is 11.6 Å². The van der Waals surface area contributed by atoms with Crippen LogP contribution in [0.5, 0.6) is 0 Å². The molecule has 1 unspecified atom stereocenters. The van der Waals surface area contributed by atoms with Gasteiger partial charge >= 0.3 is 0 Å². The zero-order valence-corrected chi connectivity index (χ0v) is 18.3. The zero-order valence-electron chi connectivity index (χ0n) is 15.9. The van der Waals surface area contributed by atoms with Crippen molar-refractivity contribution in [1.82, 2.24) is 14.8 Å². The molecule has 1 atom stereocenters. The summed E-state index contributed by atoms with van der Waals surface area (Å²) in [6.45, 7) is 6.76. The second-order valence-electron chi connectivity index (χ2n) is 7.59. The first-order valence-corrected chi connectivity index (χ1v) is 11.7. The average Bonchev–Trinajstić information content (AvgIpc) is 3.23. The largest absolute Gasteiger partial charge is 0.299 e. The summed E-state index contributed by atoms with van der Waals surface area (Å²) in [7, 11) is 0. The molecule has 1 aliphatic carbocycles. The predicted octanol–water partition coefficient (Wildman–Crippen LogP) is 6.66. The summed E-state index contributed by atoms with van der Waals surface area (Å²) in [5.41, 5.74) is 3.99. The number of rotatable bonds is 5. The molecule has 3 aromatic rings. The lowest BCUT2D eigenvalue weighted by molar-refractivity contribution is 0.507. The van der Waals surface area contributed by atoms with Gasteiger partial charge < -0.3 is 0 Å². The monoisotopic (exact) mass is 417 g/mol. The predicted molar refractivity (Wildman–Crippen MR) is 116 cm³/mol. The van der Waals surface area contributed by atoms with Crippen molar-refractivity contribution < 1.29 is 0 Å². The van der Waals surface area contributed by atoms with Crippen LogP contribution in [0, 0.1) is 5.92 Å². The third kappa shape index (κ3) is 3.96. The van der Waals surface area contributed by atoms with Crippen molar-refractivity contribution in [3.05, 3.63) is 50.7 Å². The van der Waals surface area contributed by atoms with Crippen LogP contribution in [0.2, 0.25) is 5.02 Å². The molecule has 0 radical (unpaired) electrons. The molecule has 142 valence electrons. The van der Waals surface area contributed by atoms with Crippen molar-refractivity contribution in [3.8, 4) is 11.4 Å². The van der Waals surface area contributed by atoms with Gasteiger partial charge in [0.15, 0.2) is 11.0 Å². The standard InChI is InChI=1S/C21H24ClN3S2/c1-13(2)25-20(18-12-26-19-9-14(3)7-8-17(18)19)23-24-21(25)27-11-15-5-4-6-16(22)10-15/h4-6,10,12-14H,7-9,11H2,1-3H3. The maximum atomic E-state index is 6.12. The summed E-state index contributed by atoms with van der Waals surface area (Å²) < 4.78 is 2.29. The molecule has 3 nitrogen and oxygen atoms in total. The highest BCUT2D eigenvalue weighted by atomic mass is 35.5. The van der Waals surface area contributed by atoms with E-state index in [9.17, 15) is 0 Å². The van der Waals surface area contributed by atoms with Gasteiger partial charge in [0.2, 0.25) is 0 Å². The number of hydrogen-bond acceptors (Lipinski definition) is 4. The van der Waals surface area contributed by atoms with Gasteiger partial charge in [-0.15, -0.1) is 21.5 Å². The molecule has 2 heterocycles. The number of fused-ring (bicyclic) bond motifs is 1. The summed E-state index contributed by atoms with van der Waals surface area (Å²) in [6.07, 6.45) is 3.63. The van der Waals surface area contributed by atoms with Crippen molar-refractivity contribution in [2.75, 3.05) is 0 Å². The summed E-state index contributed by atoms with van der Waals surface area (Å²) in [6, 6.07) is 8.34. The van der Waals surface area contributed by atoms with Crippen molar-refractivity contribution in [2.45, 2.75) is 57.0 Å². The van der Waals surface area contributed by atoms with E-state index in [2.05, 4.69) is 47.0 Å². The molecular formula is C21H24ClN3S2. The second-order valence-corrected chi connectivity index (χ2v) is 9.93. The Morgan fingerprint density at radius 2 is 2.19 bits per heavy atom. The van der Waals surface area contributed by atoms with E-state index >= 15 is 0 Å². The number of halogens is 1. The molecule has 0 N–H and O–H groups in total. The van der Waals surface area contributed by atoms with Gasteiger partial charge in [0, 0.05) is 32.6 Å². The van der Waals surface area contributed by atoms with E-state index in [0.717, 1.165) is 34.1 Å². The van der Waals surface area contributed by atoms with Crippen LogP contribution in [-0.4, -0.2) is 14.8 Å². The van der Waals surface area contributed by atoms with E-state index < -0.39 is 0 Å². The van der Waals surface area contributed by atoms with Crippen LogP contribution in [0.3, 0.4) is 0 Å². The molecule has 0 spiro atoms. The Hall–Kier alpha value is -1.30. The summed E-state index contributed by atoms with van der Waals surface area (Å²) in [4.78, 5) is 1.54. The molecule has 1 aromatic carbocycles. The molecule has 6 heteroatoms. The first-order valence-electron chi connectivity index (χ1n) is 9.44. The van der Waals surface area contributed by atoms with Gasteiger partial charge in [-0.25, -0.2) is 0 Å². The second kappa shape index (κ2) is 7.98. The zero-order chi connectivity index (χ0) is 19.0. The topological polar surface area (TPSA) is 30.7 Å². The van der Waals surface area contributed by atoms with Gasteiger partial charge in [-0.2, -0.15) is 0 Å². The number of thiophene rings is 1. The fourth-order valence-electron chi connectivity index (χ4n) is 3.66. The molecule has 27 heavy (non-hydrogen) atoms. The number of nitrogens with zero attached hydrogens (tertiary/aromatic N) is 3. The third-order valence-corrected chi connectivity index (χ3v) is 7.38. The molecule has 0 saturated carbocycles. The highest BCUT2D eigenvalue weighted by Gasteiger charge is 2.25. The normalized spacial score (nSPS) is 16.7. The Bertz CT molecular complexity index is 945. The molecule has 0 amide bonds. The van der Waals surface area contributed by atoms with E-state index in [1.807, 2.05) is 29.5 Å². The average molecular weight is 418 g/mol. The van der Waals surface area contributed by atoms with Crippen LogP contribution in [0.1, 0.15) is 49.2 Å². The summed E-state index contributed by atoms with van der Waals surface area (Å²) in [5, 5.41) is 13.2. The van der Waals surface area contributed by atoms with Crippen LogP contribution in [-0.2, 0) is 18.6 Å². The van der Waals surface area contributed by atoms with Crippen LogP contribution >= 0.6 is 34.7 Å². The first kappa shape index (κ1) is 19.0. The van der Waals surface area contributed by atoms with Crippen LogP contribution in [0.25, 0.3) is 11.4 Å². The lowest BCUT2D eigenvalue weighted by atomic mass is 9.88. The molecule has 0 aliphatic heterocycles. The minimum atomic E-state index is 0.315. The quantitative estimate of drug-likeness (QED) is 0.435. The smallest absolute Gasteiger partial charge is 0.192 e. The van der Waals surface area contributed by atoms with E-state index in [0.29, 0.717) is 6.04 Å². The van der Waals surface area contributed by atoms with E-state index in [1.165, 1.54) is 34.4 Å². The SMILES string of the molecule is CC1CCc2c(-c3nnc(SCc4cccc(Cl)c4)n3C(C)C)csc2C1. The fraction of sp³-hybridized carbons (Fsp3) is 0.429. The van der Waals surface area contributed by atoms with Crippen molar-refractivity contribution in [1.29, 1.82) is 0 Å². The fourth-order valence-corrected chi connectivity index (χ4v) is 6.13. The Balaban J connectivity index is 1.64. The maximum Gasteiger partial charge on any atom is 0.192 e. The van der Waals surface area contributed by atoms with Crippen LogP contribution < -0.4 is 0 Å². The minimum Gasteiger partial charge on any atom is -0.299 e. The summed E-state index contributed by atoms with van der Waals surface area (Å²) in [5.74, 6) is 2.64. The molecule has 4 rings (SSSR count). The van der Waals surface area contributed by atoms with Gasteiger partial charge in [-0.05, 0) is 62.3 Å². The Morgan fingerprint density at radius 3 is 2.96 bits per heavy atom. The Kier molecular flexibility index (Phi) is 5.62. The molecule has 2 aromatic heterocycles. The van der Waals surface area contributed by atoms with Crippen molar-refractivity contribution >= 4 is 34.7 Å². The Labute approximate surface area is 174 Å². The number of hydrogen-bond donors (Lipinski definition) is 0. The molecule has 0 fully saturated rings. The van der Waals surface area contributed by atoms with Gasteiger partial charge in [0.25, 0.3) is 0 Å². The lowest BCUT2D eigenvalue weighted by Crippen LogP contribution is -2.10. The van der Waals surface area contributed by atoms with Crippen LogP contribution in [0.15, 0.2) is 34.8 Å². The molecular weight excluding hydrogens is 394 g/mol. The van der Waals surface area contributed by atoms with E-state index in [1.54, 1.807) is 11.8 Å². The summed E-state index contributed by atoms with van der Waals surface area (Å²) >= 11 is 9.73. The minimum absolute atomic E-state index is 0.315. The van der Waals surface area contributed by atoms with Gasteiger partial charge in [0.05, 0.1) is 0 Å². The van der Waals surface area contributed by atoms with Gasteiger partial charge in [0.1, 0.15) is 0 Å². The number of thioether (sulfide) groups is 1. The van der Waals surface area contributed by atoms with E-state index in [-0.39, 0.29) is 0 Å². The van der Waals surface area contributed by atoms with Crippen LogP contribution in [0.4, 0.5) is 0 Å². The van der Waals surface area contributed by atoms with Gasteiger partial charge in [-0.1, -0.05) is 42.4 Å². The Morgan fingerprint density at radius 1 is 1.33 bits per heavy atom. The maximum absolute atomic E-state index is 6.12. The van der Waals surface area contributed by atoms with Gasteiger partial charge in [-0.3, -0.25) is 4.57 Å². The highest BCUT2D eigenvalue weighted by molar-refractivity contribution is 7.98. The molecule has 0 saturated heterocycles. The third-order valence-electron chi connectivity index (χ3n) is 5.08. The lowest BCUT2D eigenvalue weighted by Gasteiger charge is -2.19. The number of aromatic nitrogens is 3. The highest BCUT2D eigenvalue weighted by Crippen LogP contribution is 2.39. The first-order chi connectivity index (χ1) is 13.0. The molecule has 0 bridgehead atoms. The molecule has 1 aliphatic rings.